The number of hydrogen-bond acceptors (Lipinski definition) is 6. The zero-order valence-electron chi connectivity index (χ0n) is 15.7. The van der Waals surface area contributed by atoms with Crippen LogP contribution in [0.3, 0.4) is 0 Å². The van der Waals surface area contributed by atoms with E-state index in [4.69, 9.17) is 9.05 Å². The normalized spacial score (nSPS) is 12.6. The minimum Gasteiger partial charge on any atom is -0.395 e. The molecule has 0 heterocycles. The van der Waals surface area contributed by atoms with Gasteiger partial charge in [0, 0.05) is 18.1 Å². The van der Waals surface area contributed by atoms with Gasteiger partial charge in [0.15, 0.2) is 5.78 Å². The second-order valence-electron chi connectivity index (χ2n) is 6.31. The second kappa shape index (κ2) is 9.35. The van der Waals surface area contributed by atoms with Gasteiger partial charge in [-0.2, -0.15) is 0 Å². The van der Waals surface area contributed by atoms with Gasteiger partial charge in [0.05, 0.1) is 4.92 Å². The smallest absolute Gasteiger partial charge is 0.395 e. The summed E-state index contributed by atoms with van der Waals surface area (Å²) in [6, 6.07) is 20.4. The SMILES string of the molecule is O=C(CCc1ccc(OP(=O)(O)Oc2ccccc2[N+](=O)[O-])cc1)c1ccccc1. The number of phosphoric ester groups is 1. The molecule has 0 radical (unpaired) electrons. The molecule has 0 aliphatic heterocycles. The highest BCUT2D eigenvalue weighted by Crippen LogP contribution is 2.46. The van der Waals surface area contributed by atoms with Crippen LogP contribution >= 0.6 is 7.82 Å². The quantitative estimate of drug-likeness (QED) is 0.222. The standard InChI is InChI=1S/C21H18NO7P/c23-20(17-6-2-1-3-7-17)15-12-16-10-13-18(14-11-16)28-30(26,27)29-21-9-5-4-8-19(21)22(24)25/h1-11,13-14H,12,15H2,(H,26,27). The molecule has 154 valence electrons. The largest absolute Gasteiger partial charge is 0.585 e. The highest BCUT2D eigenvalue weighted by molar-refractivity contribution is 7.48. The van der Waals surface area contributed by atoms with E-state index in [-0.39, 0.29) is 17.3 Å². The number of rotatable bonds is 9. The summed E-state index contributed by atoms with van der Waals surface area (Å²) in [7, 11) is -4.65. The number of nitro groups is 1. The molecule has 0 amide bonds. The zero-order valence-corrected chi connectivity index (χ0v) is 16.6. The van der Waals surface area contributed by atoms with Crippen LogP contribution in [0.25, 0.3) is 0 Å². The molecule has 1 unspecified atom stereocenters. The number of phosphoric acid groups is 1. The van der Waals surface area contributed by atoms with Gasteiger partial charge >= 0.3 is 13.5 Å². The van der Waals surface area contributed by atoms with Crippen LogP contribution in [-0.4, -0.2) is 15.6 Å². The first kappa shape index (κ1) is 21.2. The number of nitro benzene ring substituents is 1. The van der Waals surface area contributed by atoms with Crippen molar-refractivity contribution in [2.24, 2.45) is 0 Å². The van der Waals surface area contributed by atoms with Crippen LogP contribution in [0.1, 0.15) is 22.3 Å². The molecule has 0 saturated carbocycles. The summed E-state index contributed by atoms with van der Waals surface area (Å²) in [5.41, 5.74) is 1.04. The Bertz CT molecular complexity index is 1080. The number of para-hydroxylation sites is 2. The van der Waals surface area contributed by atoms with E-state index in [1.54, 1.807) is 36.4 Å². The molecule has 30 heavy (non-hydrogen) atoms. The van der Waals surface area contributed by atoms with Gasteiger partial charge in [-0.15, -0.1) is 0 Å². The van der Waals surface area contributed by atoms with Gasteiger partial charge in [-0.3, -0.25) is 19.8 Å². The van der Waals surface area contributed by atoms with Gasteiger partial charge < -0.3 is 9.05 Å². The molecule has 3 aromatic rings. The Morgan fingerprint density at radius 1 is 0.933 bits per heavy atom. The Kier molecular flexibility index (Phi) is 6.61. The molecule has 0 bridgehead atoms. The fourth-order valence-electron chi connectivity index (χ4n) is 2.70. The van der Waals surface area contributed by atoms with E-state index in [9.17, 15) is 24.4 Å². The van der Waals surface area contributed by atoms with Crippen LogP contribution in [-0.2, 0) is 11.0 Å². The van der Waals surface area contributed by atoms with E-state index in [0.29, 0.717) is 18.4 Å². The van der Waals surface area contributed by atoms with Gasteiger partial charge in [-0.05, 0) is 30.2 Å². The van der Waals surface area contributed by atoms with Gasteiger partial charge in [0.1, 0.15) is 5.75 Å². The molecule has 0 aliphatic rings. The summed E-state index contributed by atoms with van der Waals surface area (Å²) in [5, 5.41) is 11.0. The Morgan fingerprint density at radius 3 is 2.23 bits per heavy atom. The first-order valence-corrected chi connectivity index (χ1v) is 10.5. The van der Waals surface area contributed by atoms with Crippen molar-refractivity contribution < 1.29 is 28.2 Å². The highest BCUT2D eigenvalue weighted by Gasteiger charge is 2.29. The number of ketones is 1. The molecule has 0 fully saturated rings. The van der Waals surface area contributed by atoms with E-state index in [0.717, 1.165) is 11.6 Å². The topological polar surface area (TPSA) is 116 Å². The van der Waals surface area contributed by atoms with Crippen molar-refractivity contribution in [3.63, 3.8) is 0 Å². The average Bonchev–Trinajstić information content (AvgIpc) is 2.73. The lowest BCUT2D eigenvalue weighted by Crippen LogP contribution is -2.02. The number of hydrogen-bond donors (Lipinski definition) is 1. The summed E-state index contributed by atoms with van der Waals surface area (Å²) in [5.74, 6) is -0.296. The fourth-order valence-corrected chi connectivity index (χ4v) is 3.53. The van der Waals surface area contributed by atoms with E-state index < -0.39 is 18.4 Å². The molecule has 9 heteroatoms. The molecule has 3 aromatic carbocycles. The summed E-state index contributed by atoms with van der Waals surface area (Å²) in [6.45, 7) is 0. The molecule has 1 N–H and O–H groups in total. The van der Waals surface area contributed by atoms with E-state index in [1.807, 2.05) is 6.07 Å². The fraction of sp³-hybridized carbons (Fsp3) is 0.0952. The van der Waals surface area contributed by atoms with Crippen molar-refractivity contribution >= 4 is 19.3 Å². The van der Waals surface area contributed by atoms with Crippen molar-refractivity contribution in [3.8, 4) is 11.5 Å². The molecular formula is C21H18NO7P. The van der Waals surface area contributed by atoms with Gasteiger partial charge in [0.2, 0.25) is 5.75 Å². The van der Waals surface area contributed by atoms with Crippen molar-refractivity contribution in [1.29, 1.82) is 0 Å². The number of benzene rings is 3. The van der Waals surface area contributed by atoms with Crippen LogP contribution in [0.4, 0.5) is 5.69 Å². The number of carbonyl (C=O) groups excluding carboxylic acids is 1. The average molecular weight is 427 g/mol. The van der Waals surface area contributed by atoms with Crippen LogP contribution in [0, 0.1) is 10.1 Å². The van der Waals surface area contributed by atoms with Gasteiger partial charge in [-0.1, -0.05) is 54.6 Å². The lowest BCUT2D eigenvalue weighted by molar-refractivity contribution is -0.385. The Morgan fingerprint density at radius 2 is 1.57 bits per heavy atom. The molecule has 0 saturated heterocycles. The Balaban J connectivity index is 1.60. The summed E-state index contributed by atoms with van der Waals surface area (Å²) in [6.07, 6.45) is 0.820. The number of aryl methyl sites for hydroxylation is 1. The third-order valence-corrected chi connectivity index (χ3v) is 5.03. The summed E-state index contributed by atoms with van der Waals surface area (Å²) < 4.78 is 22.1. The van der Waals surface area contributed by atoms with Crippen LogP contribution < -0.4 is 9.05 Å². The lowest BCUT2D eigenvalue weighted by Gasteiger charge is -2.14. The van der Waals surface area contributed by atoms with Gasteiger partial charge in [-0.25, -0.2) is 4.57 Å². The maximum Gasteiger partial charge on any atom is 0.585 e. The van der Waals surface area contributed by atoms with Crippen LogP contribution in [0.5, 0.6) is 11.5 Å². The van der Waals surface area contributed by atoms with Crippen molar-refractivity contribution in [1.82, 2.24) is 0 Å². The Labute approximate surface area is 172 Å². The molecule has 1 atom stereocenters. The minimum absolute atomic E-state index is 0.0219. The molecule has 3 rings (SSSR count). The molecule has 0 aromatic heterocycles. The third-order valence-electron chi connectivity index (χ3n) is 4.16. The first-order chi connectivity index (χ1) is 14.3. The van der Waals surface area contributed by atoms with E-state index in [2.05, 4.69) is 0 Å². The molecule has 8 nitrogen and oxygen atoms in total. The predicted molar refractivity (Wildman–Crippen MR) is 110 cm³/mol. The molecule has 0 aliphatic carbocycles. The van der Waals surface area contributed by atoms with Crippen LogP contribution in [0.2, 0.25) is 0 Å². The van der Waals surface area contributed by atoms with Gasteiger partial charge in [0.25, 0.3) is 0 Å². The summed E-state index contributed by atoms with van der Waals surface area (Å²) in [4.78, 5) is 32.4. The van der Waals surface area contributed by atoms with Crippen molar-refractivity contribution in [2.45, 2.75) is 12.8 Å². The van der Waals surface area contributed by atoms with E-state index >= 15 is 0 Å². The maximum absolute atomic E-state index is 12.2. The lowest BCUT2D eigenvalue weighted by atomic mass is 10.0. The predicted octanol–water partition coefficient (Wildman–Crippen LogP) is 4.97. The zero-order chi connectivity index (χ0) is 21.6. The molecule has 0 spiro atoms. The second-order valence-corrected chi connectivity index (χ2v) is 7.61. The first-order valence-electron chi connectivity index (χ1n) is 8.97. The number of nitrogens with zero attached hydrogens (tertiary/aromatic N) is 1. The number of Topliss-reactive ketones (excluding diaryl/α,β-unsaturated/α-hetero) is 1. The Hall–Kier alpha value is -3.48. The third kappa shape index (κ3) is 5.76. The minimum atomic E-state index is -4.65. The maximum atomic E-state index is 12.2. The monoisotopic (exact) mass is 427 g/mol. The highest BCUT2D eigenvalue weighted by atomic mass is 31.2. The summed E-state index contributed by atoms with van der Waals surface area (Å²) >= 11 is 0. The van der Waals surface area contributed by atoms with E-state index in [1.165, 1.54) is 30.3 Å². The van der Waals surface area contributed by atoms with Crippen LogP contribution in [0.15, 0.2) is 78.9 Å². The number of carbonyl (C=O) groups is 1. The van der Waals surface area contributed by atoms with Crippen molar-refractivity contribution in [3.05, 3.63) is 100 Å². The molecular weight excluding hydrogens is 409 g/mol. The van der Waals surface area contributed by atoms with Crippen molar-refractivity contribution in [2.75, 3.05) is 0 Å².